The summed E-state index contributed by atoms with van der Waals surface area (Å²) in [6, 6.07) is 1.15. The van der Waals surface area contributed by atoms with Gasteiger partial charge in [-0.2, -0.15) is 26.3 Å². The Morgan fingerprint density at radius 2 is 1.62 bits per heavy atom. The average molecular weight is 419 g/mol. The van der Waals surface area contributed by atoms with E-state index in [4.69, 9.17) is 0 Å². The predicted octanol–water partition coefficient (Wildman–Crippen LogP) is 5.85. The Balaban J connectivity index is 2.36. The van der Waals surface area contributed by atoms with Crippen LogP contribution in [0.25, 0.3) is 17.6 Å². The number of carbonyl (C=O) groups excluding carboxylic acids is 1. The lowest BCUT2D eigenvalue weighted by atomic mass is 10.0. The van der Waals surface area contributed by atoms with Gasteiger partial charge in [0.25, 0.3) is 0 Å². The molecule has 0 unspecified atom stereocenters. The van der Waals surface area contributed by atoms with Crippen LogP contribution in [0.4, 0.5) is 26.3 Å². The fourth-order valence-corrected chi connectivity index (χ4v) is 2.44. The molecule has 2 rings (SSSR count). The fraction of sp³-hybridized carbons (Fsp3) is 0.421. The van der Waals surface area contributed by atoms with Crippen LogP contribution in [0.3, 0.4) is 0 Å². The molecule has 1 aromatic heterocycles. The predicted molar refractivity (Wildman–Crippen MR) is 94.5 cm³/mol. The lowest BCUT2D eigenvalue weighted by molar-refractivity contribution is -0.143. The zero-order valence-electron chi connectivity index (χ0n) is 15.9. The lowest BCUT2D eigenvalue weighted by Gasteiger charge is -2.13. The highest BCUT2D eigenvalue weighted by Gasteiger charge is 2.37. The third-order valence-corrected chi connectivity index (χ3v) is 4.07. The van der Waals surface area contributed by atoms with Gasteiger partial charge in [-0.15, -0.1) is 5.10 Å². The molecule has 0 saturated carbocycles. The number of benzene rings is 1. The maximum absolute atomic E-state index is 13.0. The van der Waals surface area contributed by atoms with E-state index in [1.165, 1.54) is 6.20 Å². The number of carbonyl (C=O) groups is 1. The molecule has 29 heavy (non-hydrogen) atoms. The van der Waals surface area contributed by atoms with E-state index in [1.807, 2.05) is 13.8 Å². The Kier molecular flexibility index (Phi) is 6.54. The van der Waals surface area contributed by atoms with Crippen LogP contribution in [0.5, 0.6) is 0 Å². The third-order valence-electron chi connectivity index (χ3n) is 4.07. The molecule has 2 aromatic rings. The molecule has 0 spiro atoms. The number of hydrogen-bond donors (Lipinski definition) is 0. The van der Waals surface area contributed by atoms with E-state index < -0.39 is 29.0 Å². The number of aromatic nitrogens is 3. The molecule has 0 amide bonds. The van der Waals surface area contributed by atoms with Gasteiger partial charge in [-0.05, 0) is 37.5 Å². The molecule has 1 aromatic carbocycles. The molecular formula is C19H19F6N3O. The topological polar surface area (TPSA) is 47.8 Å². The Bertz CT molecular complexity index is 877. The van der Waals surface area contributed by atoms with Gasteiger partial charge >= 0.3 is 12.4 Å². The SMILES string of the molecule is C/C(=C\n1cnc(-c2cc(C(F)(F)F)cc(C(F)(F)F)c2)n1)C(=O)CCC(C)C. The molecule has 158 valence electrons. The van der Waals surface area contributed by atoms with Crippen LogP contribution < -0.4 is 0 Å². The van der Waals surface area contributed by atoms with E-state index in [2.05, 4.69) is 10.1 Å². The van der Waals surface area contributed by atoms with Gasteiger partial charge in [0.15, 0.2) is 11.6 Å². The number of nitrogens with zero attached hydrogens (tertiary/aromatic N) is 3. The number of halogens is 6. The molecule has 10 heteroatoms. The summed E-state index contributed by atoms with van der Waals surface area (Å²) in [4.78, 5) is 15.8. The zero-order valence-corrected chi connectivity index (χ0v) is 15.9. The first-order chi connectivity index (χ1) is 13.3. The standard InChI is InChI=1S/C19H19F6N3O/c1-11(2)4-5-16(29)12(3)9-28-10-26-17(27-28)13-6-14(18(20,21)22)8-15(7-13)19(23,24)25/h6-11H,4-5H2,1-3H3/b12-9+. The van der Waals surface area contributed by atoms with Gasteiger partial charge in [0.1, 0.15) is 6.33 Å². The molecule has 0 aliphatic carbocycles. The highest BCUT2D eigenvalue weighted by Crippen LogP contribution is 2.38. The molecule has 4 nitrogen and oxygen atoms in total. The molecule has 0 bridgehead atoms. The normalized spacial score (nSPS) is 13.2. The maximum Gasteiger partial charge on any atom is 0.416 e. The third kappa shape index (κ3) is 6.16. The van der Waals surface area contributed by atoms with Crippen molar-refractivity contribution in [1.82, 2.24) is 14.8 Å². The Morgan fingerprint density at radius 1 is 1.07 bits per heavy atom. The maximum atomic E-state index is 13.0. The van der Waals surface area contributed by atoms with Crippen molar-refractivity contribution < 1.29 is 31.1 Å². The first kappa shape index (κ1) is 22.6. The highest BCUT2D eigenvalue weighted by atomic mass is 19.4. The highest BCUT2D eigenvalue weighted by molar-refractivity contribution is 5.97. The molecule has 0 aliphatic rings. The Labute approximate surface area is 163 Å². The number of hydrogen-bond acceptors (Lipinski definition) is 3. The average Bonchev–Trinajstić information content (AvgIpc) is 3.06. The van der Waals surface area contributed by atoms with Gasteiger partial charge in [0, 0.05) is 23.8 Å². The summed E-state index contributed by atoms with van der Waals surface area (Å²) in [5.41, 5.74) is -2.98. The van der Waals surface area contributed by atoms with E-state index in [-0.39, 0.29) is 17.7 Å². The largest absolute Gasteiger partial charge is 0.416 e. The van der Waals surface area contributed by atoms with Crippen molar-refractivity contribution in [2.24, 2.45) is 5.92 Å². The van der Waals surface area contributed by atoms with Crippen molar-refractivity contribution in [2.75, 3.05) is 0 Å². The van der Waals surface area contributed by atoms with E-state index in [9.17, 15) is 31.1 Å². The zero-order chi connectivity index (χ0) is 22.0. The molecule has 0 atom stereocenters. The van der Waals surface area contributed by atoms with Crippen LogP contribution in [-0.4, -0.2) is 20.5 Å². The van der Waals surface area contributed by atoms with Crippen LogP contribution in [-0.2, 0) is 17.1 Å². The van der Waals surface area contributed by atoms with Gasteiger partial charge in [-0.3, -0.25) is 4.79 Å². The number of allylic oxidation sites excluding steroid dienone is 1. The van der Waals surface area contributed by atoms with Gasteiger partial charge < -0.3 is 0 Å². The lowest BCUT2D eigenvalue weighted by Crippen LogP contribution is -2.11. The molecule has 0 N–H and O–H groups in total. The van der Waals surface area contributed by atoms with Gasteiger partial charge in [0.2, 0.25) is 0 Å². The molecular weight excluding hydrogens is 400 g/mol. The minimum absolute atomic E-state index is 0.0396. The molecule has 1 heterocycles. The second kappa shape index (κ2) is 8.38. The molecule has 0 saturated heterocycles. The van der Waals surface area contributed by atoms with Crippen LogP contribution in [0, 0.1) is 5.92 Å². The van der Waals surface area contributed by atoms with E-state index >= 15 is 0 Å². The second-order valence-corrected chi connectivity index (χ2v) is 7.01. The van der Waals surface area contributed by atoms with Crippen molar-refractivity contribution in [2.45, 2.75) is 46.0 Å². The van der Waals surface area contributed by atoms with Gasteiger partial charge in [0.05, 0.1) is 11.1 Å². The van der Waals surface area contributed by atoms with E-state index in [0.717, 1.165) is 11.0 Å². The smallest absolute Gasteiger partial charge is 0.295 e. The first-order valence-corrected chi connectivity index (χ1v) is 8.70. The van der Waals surface area contributed by atoms with Crippen molar-refractivity contribution in [1.29, 1.82) is 0 Å². The fourth-order valence-electron chi connectivity index (χ4n) is 2.44. The Hall–Kier alpha value is -2.65. The monoisotopic (exact) mass is 419 g/mol. The summed E-state index contributed by atoms with van der Waals surface area (Å²) in [6.07, 6.45) is -6.46. The van der Waals surface area contributed by atoms with Crippen molar-refractivity contribution in [3.63, 3.8) is 0 Å². The summed E-state index contributed by atoms with van der Waals surface area (Å²) in [7, 11) is 0. The van der Waals surface area contributed by atoms with Crippen molar-refractivity contribution in [3.05, 3.63) is 41.2 Å². The van der Waals surface area contributed by atoms with Crippen LogP contribution in [0.1, 0.15) is 44.7 Å². The number of ketones is 1. The van der Waals surface area contributed by atoms with Crippen LogP contribution >= 0.6 is 0 Å². The molecule has 0 radical (unpaired) electrons. The first-order valence-electron chi connectivity index (χ1n) is 8.70. The number of Topliss-reactive ketones (excluding diaryl/α,β-unsaturated/α-hetero) is 1. The number of rotatable bonds is 6. The summed E-state index contributed by atoms with van der Waals surface area (Å²) in [6.45, 7) is 5.50. The quantitative estimate of drug-likeness (QED) is 0.436. The molecule has 0 aliphatic heterocycles. The summed E-state index contributed by atoms with van der Waals surface area (Å²) in [5, 5.41) is 3.89. The molecule has 0 fully saturated rings. The van der Waals surface area contributed by atoms with Crippen molar-refractivity contribution in [3.8, 4) is 11.4 Å². The van der Waals surface area contributed by atoms with Crippen LogP contribution in [0.2, 0.25) is 0 Å². The van der Waals surface area contributed by atoms with E-state index in [1.54, 1.807) is 6.92 Å². The van der Waals surface area contributed by atoms with Gasteiger partial charge in [-0.25, -0.2) is 9.67 Å². The number of alkyl halides is 6. The second-order valence-electron chi connectivity index (χ2n) is 7.01. The van der Waals surface area contributed by atoms with Crippen LogP contribution in [0.15, 0.2) is 30.1 Å². The minimum atomic E-state index is -4.96. The minimum Gasteiger partial charge on any atom is -0.295 e. The summed E-state index contributed by atoms with van der Waals surface area (Å²) in [5.74, 6) is -0.108. The summed E-state index contributed by atoms with van der Waals surface area (Å²) >= 11 is 0. The Morgan fingerprint density at radius 3 is 2.10 bits per heavy atom. The van der Waals surface area contributed by atoms with Gasteiger partial charge in [-0.1, -0.05) is 13.8 Å². The van der Waals surface area contributed by atoms with Crippen molar-refractivity contribution >= 4 is 12.0 Å². The van der Waals surface area contributed by atoms with E-state index in [0.29, 0.717) is 36.5 Å². The summed E-state index contributed by atoms with van der Waals surface area (Å²) < 4.78 is 79.0.